The highest BCUT2D eigenvalue weighted by atomic mass is 19.1. The van der Waals surface area contributed by atoms with Gasteiger partial charge in [-0.2, -0.15) is 5.10 Å². The van der Waals surface area contributed by atoms with Gasteiger partial charge in [0.15, 0.2) is 0 Å². The van der Waals surface area contributed by atoms with Crippen molar-refractivity contribution in [2.75, 3.05) is 12.4 Å². The second-order valence-electron chi connectivity index (χ2n) is 6.73. The third kappa shape index (κ3) is 7.24. The SMILES string of the molecule is COc1ccc(COc2ccc(C=NNC(=O)CC(=O)Nc3ccc(F)cc3)cc2)cc1. The van der Waals surface area contributed by atoms with Crippen molar-refractivity contribution in [3.8, 4) is 11.5 Å². The highest BCUT2D eigenvalue weighted by Gasteiger charge is 2.09. The first-order valence-electron chi connectivity index (χ1n) is 9.75. The number of anilines is 1. The fourth-order valence-electron chi connectivity index (χ4n) is 2.64. The average molecular weight is 435 g/mol. The van der Waals surface area contributed by atoms with Crippen LogP contribution in [-0.2, 0) is 16.2 Å². The molecule has 164 valence electrons. The van der Waals surface area contributed by atoms with Crippen LogP contribution >= 0.6 is 0 Å². The first kappa shape index (κ1) is 22.5. The van der Waals surface area contributed by atoms with E-state index in [9.17, 15) is 14.0 Å². The number of benzene rings is 3. The molecule has 0 fully saturated rings. The monoisotopic (exact) mass is 435 g/mol. The van der Waals surface area contributed by atoms with E-state index in [0.29, 0.717) is 18.0 Å². The van der Waals surface area contributed by atoms with Gasteiger partial charge in [0.1, 0.15) is 30.3 Å². The van der Waals surface area contributed by atoms with Crippen molar-refractivity contribution < 1.29 is 23.5 Å². The average Bonchev–Trinajstić information content (AvgIpc) is 2.80. The molecule has 0 unspecified atom stereocenters. The number of carbonyl (C=O) groups is 2. The van der Waals surface area contributed by atoms with Crippen LogP contribution in [0.3, 0.4) is 0 Å². The lowest BCUT2D eigenvalue weighted by molar-refractivity contribution is -0.126. The summed E-state index contributed by atoms with van der Waals surface area (Å²) in [4.78, 5) is 23.7. The van der Waals surface area contributed by atoms with E-state index < -0.39 is 24.1 Å². The predicted octanol–water partition coefficient (Wildman–Crippen LogP) is 3.89. The van der Waals surface area contributed by atoms with Crippen LogP contribution in [0.5, 0.6) is 11.5 Å². The molecule has 2 amide bonds. The molecule has 3 aromatic rings. The highest BCUT2D eigenvalue weighted by molar-refractivity contribution is 6.03. The van der Waals surface area contributed by atoms with Crippen molar-refractivity contribution in [1.82, 2.24) is 5.43 Å². The first-order chi connectivity index (χ1) is 15.5. The van der Waals surface area contributed by atoms with Crippen LogP contribution in [0.15, 0.2) is 77.9 Å². The van der Waals surface area contributed by atoms with Gasteiger partial charge in [-0.3, -0.25) is 9.59 Å². The molecule has 0 saturated carbocycles. The molecule has 7 nitrogen and oxygen atoms in total. The van der Waals surface area contributed by atoms with E-state index in [4.69, 9.17) is 9.47 Å². The number of hydrazone groups is 1. The number of hydrogen-bond donors (Lipinski definition) is 2. The van der Waals surface area contributed by atoms with E-state index in [0.717, 1.165) is 16.9 Å². The predicted molar refractivity (Wildman–Crippen MR) is 119 cm³/mol. The largest absolute Gasteiger partial charge is 0.497 e. The van der Waals surface area contributed by atoms with Gasteiger partial charge in [-0.25, -0.2) is 9.82 Å². The van der Waals surface area contributed by atoms with Crippen LogP contribution in [0.4, 0.5) is 10.1 Å². The summed E-state index contributed by atoms with van der Waals surface area (Å²) in [6.07, 6.45) is 1.05. The van der Waals surface area contributed by atoms with Gasteiger partial charge in [-0.05, 0) is 71.8 Å². The Morgan fingerprint density at radius 1 is 0.906 bits per heavy atom. The topological polar surface area (TPSA) is 89.0 Å². The summed E-state index contributed by atoms with van der Waals surface area (Å²) < 4.78 is 23.7. The Morgan fingerprint density at radius 3 is 2.22 bits per heavy atom. The number of methoxy groups -OCH3 is 1. The molecule has 32 heavy (non-hydrogen) atoms. The van der Waals surface area contributed by atoms with Crippen molar-refractivity contribution in [2.24, 2.45) is 5.10 Å². The Bertz CT molecular complexity index is 1070. The summed E-state index contributed by atoms with van der Waals surface area (Å²) in [6.45, 7) is 0.424. The molecule has 2 N–H and O–H groups in total. The molecule has 0 aliphatic carbocycles. The van der Waals surface area contributed by atoms with Crippen molar-refractivity contribution >= 4 is 23.7 Å². The maximum absolute atomic E-state index is 12.9. The number of ether oxygens (including phenoxy) is 2. The molecule has 0 saturated heterocycles. The number of carbonyl (C=O) groups excluding carboxylic acids is 2. The van der Waals surface area contributed by atoms with Gasteiger partial charge in [0.05, 0.1) is 13.3 Å². The smallest absolute Gasteiger partial charge is 0.249 e. The minimum absolute atomic E-state index is 0.405. The van der Waals surface area contributed by atoms with Crippen molar-refractivity contribution in [3.63, 3.8) is 0 Å². The van der Waals surface area contributed by atoms with E-state index in [1.54, 1.807) is 31.4 Å². The number of nitrogens with one attached hydrogen (secondary N) is 2. The van der Waals surface area contributed by atoms with Gasteiger partial charge < -0.3 is 14.8 Å². The second-order valence-corrected chi connectivity index (χ2v) is 6.73. The zero-order chi connectivity index (χ0) is 22.8. The summed E-state index contributed by atoms with van der Waals surface area (Å²) in [5, 5.41) is 6.35. The summed E-state index contributed by atoms with van der Waals surface area (Å²) in [6, 6.07) is 20.0. The third-order valence-electron chi connectivity index (χ3n) is 4.30. The Kier molecular flexibility index (Phi) is 7.91. The molecule has 0 spiro atoms. The van der Waals surface area contributed by atoms with Crippen LogP contribution < -0.4 is 20.2 Å². The summed E-state index contributed by atoms with van der Waals surface area (Å²) in [5.41, 5.74) is 4.46. The molecule has 0 atom stereocenters. The van der Waals surface area contributed by atoms with E-state index in [2.05, 4.69) is 15.8 Å². The zero-order valence-electron chi connectivity index (χ0n) is 17.4. The third-order valence-corrected chi connectivity index (χ3v) is 4.30. The molecule has 0 bridgehead atoms. The normalized spacial score (nSPS) is 10.6. The van der Waals surface area contributed by atoms with Crippen molar-refractivity contribution in [3.05, 3.63) is 89.7 Å². The Morgan fingerprint density at radius 2 is 1.56 bits per heavy atom. The van der Waals surface area contributed by atoms with Gasteiger partial charge in [0.2, 0.25) is 11.8 Å². The van der Waals surface area contributed by atoms with Gasteiger partial charge >= 0.3 is 0 Å². The molecule has 0 aliphatic rings. The van der Waals surface area contributed by atoms with Crippen LogP contribution in [-0.4, -0.2) is 25.1 Å². The van der Waals surface area contributed by atoms with Crippen molar-refractivity contribution in [2.45, 2.75) is 13.0 Å². The fourth-order valence-corrected chi connectivity index (χ4v) is 2.64. The van der Waals surface area contributed by atoms with Crippen molar-refractivity contribution in [1.29, 1.82) is 0 Å². The first-order valence-corrected chi connectivity index (χ1v) is 9.75. The van der Waals surface area contributed by atoms with Crippen LogP contribution in [0.2, 0.25) is 0 Å². The molecule has 0 heterocycles. The molecular formula is C24H22FN3O4. The molecule has 3 rings (SSSR count). The molecule has 0 radical (unpaired) electrons. The second kappa shape index (κ2) is 11.3. The number of hydrogen-bond acceptors (Lipinski definition) is 5. The Labute approximate surface area is 184 Å². The van der Waals surface area contributed by atoms with E-state index >= 15 is 0 Å². The van der Waals surface area contributed by atoms with Gasteiger partial charge in [0, 0.05) is 5.69 Å². The van der Waals surface area contributed by atoms with E-state index in [1.165, 1.54) is 30.5 Å². The van der Waals surface area contributed by atoms with Crippen LogP contribution in [0.1, 0.15) is 17.5 Å². The van der Waals surface area contributed by atoms with E-state index in [1.807, 2.05) is 24.3 Å². The molecular weight excluding hydrogens is 413 g/mol. The lowest BCUT2D eigenvalue weighted by Gasteiger charge is -2.07. The zero-order valence-corrected chi connectivity index (χ0v) is 17.4. The molecule has 8 heteroatoms. The number of halogens is 1. The highest BCUT2D eigenvalue weighted by Crippen LogP contribution is 2.16. The summed E-state index contributed by atoms with van der Waals surface area (Å²) >= 11 is 0. The number of nitrogens with zero attached hydrogens (tertiary/aromatic N) is 1. The van der Waals surface area contributed by atoms with Gasteiger partial charge in [0.25, 0.3) is 0 Å². The fraction of sp³-hybridized carbons (Fsp3) is 0.125. The van der Waals surface area contributed by atoms with E-state index in [-0.39, 0.29) is 0 Å². The van der Waals surface area contributed by atoms with Gasteiger partial charge in [-0.15, -0.1) is 0 Å². The lowest BCUT2D eigenvalue weighted by Crippen LogP contribution is -2.24. The minimum atomic E-state index is -0.569. The van der Waals surface area contributed by atoms with Crippen LogP contribution in [0, 0.1) is 5.82 Å². The minimum Gasteiger partial charge on any atom is -0.497 e. The Balaban J connectivity index is 1.41. The lowest BCUT2D eigenvalue weighted by atomic mass is 10.2. The summed E-state index contributed by atoms with van der Waals surface area (Å²) in [7, 11) is 1.62. The molecule has 3 aromatic carbocycles. The Hall–Kier alpha value is -4.20. The quantitative estimate of drug-likeness (QED) is 0.303. The summed E-state index contributed by atoms with van der Waals surface area (Å²) in [5.74, 6) is -0.0210. The standard InChI is InChI=1S/C24H22FN3O4/c1-31-21-10-4-18(5-11-21)16-32-22-12-2-17(3-13-22)15-26-28-24(30)14-23(29)27-20-8-6-19(25)7-9-20/h2-13,15H,14,16H2,1H3,(H,27,29)(H,28,30). The molecule has 0 aromatic heterocycles. The maximum Gasteiger partial charge on any atom is 0.249 e. The van der Waals surface area contributed by atoms with Crippen LogP contribution in [0.25, 0.3) is 0 Å². The molecule has 0 aliphatic heterocycles. The van der Waals surface area contributed by atoms with Gasteiger partial charge in [-0.1, -0.05) is 12.1 Å². The number of amides is 2. The number of rotatable bonds is 9. The maximum atomic E-state index is 12.9.